The zero-order chi connectivity index (χ0) is 14.4. The van der Waals surface area contributed by atoms with Crippen molar-refractivity contribution in [2.24, 2.45) is 5.84 Å². The van der Waals surface area contributed by atoms with Gasteiger partial charge >= 0.3 is 0 Å². The molecule has 0 atom stereocenters. The van der Waals surface area contributed by atoms with Gasteiger partial charge < -0.3 is 9.64 Å². The highest BCUT2D eigenvalue weighted by atomic mass is 16.5. The van der Waals surface area contributed by atoms with Crippen LogP contribution in [0.5, 0.6) is 5.75 Å². The Balaban J connectivity index is 1.75. The third-order valence-electron chi connectivity index (χ3n) is 3.91. The number of carbonyl (C=O) groups excluding carboxylic acids is 1. The summed E-state index contributed by atoms with van der Waals surface area (Å²) >= 11 is 0. The fourth-order valence-electron chi connectivity index (χ4n) is 2.62. The van der Waals surface area contributed by atoms with Crippen molar-refractivity contribution >= 4 is 5.91 Å². The Kier molecular flexibility index (Phi) is 5.38. The first-order valence-corrected chi connectivity index (χ1v) is 7.15. The van der Waals surface area contributed by atoms with Gasteiger partial charge in [-0.05, 0) is 44.2 Å². The van der Waals surface area contributed by atoms with E-state index in [1.54, 1.807) is 24.3 Å². The van der Waals surface area contributed by atoms with E-state index in [-0.39, 0.29) is 5.91 Å². The van der Waals surface area contributed by atoms with E-state index in [1.165, 1.54) is 25.7 Å². The third-order valence-corrected chi connectivity index (χ3v) is 3.91. The molecule has 1 fully saturated rings. The number of ether oxygens (including phenoxy) is 1. The lowest BCUT2D eigenvalue weighted by Crippen LogP contribution is -2.32. The Morgan fingerprint density at radius 1 is 1.35 bits per heavy atom. The molecule has 2 rings (SSSR count). The second-order valence-corrected chi connectivity index (χ2v) is 5.27. The number of rotatable bonds is 6. The molecule has 0 bridgehead atoms. The number of carbonyl (C=O) groups is 1. The zero-order valence-electron chi connectivity index (χ0n) is 12.0. The van der Waals surface area contributed by atoms with Gasteiger partial charge in [0.1, 0.15) is 12.4 Å². The number of hydrogen-bond acceptors (Lipinski definition) is 4. The highest BCUT2D eigenvalue weighted by Gasteiger charge is 2.18. The van der Waals surface area contributed by atoms with Crippen molar-refractivity contribution < 1.29 is 9.53 Å². The summed E-state index contributed by atoms with van der Waals surface area (Å²) in [6.07, 6.45) is 5.31. The summed E-state index contributed by atoms with van der Waals surface area (Å²) < 4.78 is 5.70. The first-order chi connectivity index (χ1) is 9.70. The molecule has 5 nitrogen and oxygen atoms in total. The van der Waals surface area contributed by atoms with Gasteiger partial charge in [-0.2, -0.15) is 0 Å². The second kappa shape index (κ2) is 7.26. The van der Waals surface area contributed by atoms with E-state index >= 15 is 0 Å². The van der Waals surface area contributed by atoms with Crippen LogP contribution in [0.25, 0.3) is 0 Å². The summed E-state index contributed by atoms with van der Waals surface area (Å²) in [5.74, 6) is 5.56. The largest absolute Gasteiger partial charge is 0.492 e. The van der Waals surface area contributed by atoms with Gasteiger partial charge in [0.2, 0.25) is 0 Å². The van der Waals surface area contributed by atoms with Crippen LogP contribution in [-0.2, 0) is 0 Å². The Morgan fingerprint density at radius 2 is 2.00 bits per heavy atom. The lowest BCUT2D eigenvalue weighted by molar-refractivity contribution is 0.0953. The molecule has 1 saturated carbocycles. The van der Waals surface area contributed by atoms with Crippen LogP contribution in [0.2, 0.25) is 0 Å². The molecule has 3 N–H and O–H groups in total. The van der Waals surface area contributed by atoms with E-state index in [0.717, 1.165) is 12.3 Å². The predicted octanol–water partition coefficient (Wildman–Crippen LogP) is 1.54. The minimum absolute atomic E-state index is 0.294. The SMILES string of the molecule is CN(CCOc1ccc(C(=O)NN)cc1)C1CCCC1. The molecule has 1 amide bonds. The molecule has 0 aliphatic heterocycles. The van der Waals surface area contributed by atoms with Crippen LogP contribution in [0, 0.1) is 0 Å². The second-order valence-electron chi connectivity index (χ2n) is 5.27. The highest BCUT2D eigenvalue weighted by Crippen LogP contribution is 2.22. The lowest BCUT2D eigenvalue weighted by atomic mass is 10.2. The van der Waals surface area contributed by atoms with Gasteiger partial charge in [-0.1, -0.05) is 12.8 Å². The molecule has 110 valence electrons. The maximum atomic E-state index is 11.3. The van der Waals surface area contributed by atoms with Crippen LogP contribution in [0.3, 0.4) is 0 Å². The topological polar surface area (TPSA) is 67.6 Å². The number of nitrogen functional groups attached to an aromatic ring is 1. The molecule has 0 spiro atoms. The molecule has 1 aliphatic rings. The fraction of sp³-hybridized carbons (Fsp3) is 0.533. The number of likely N-dealkylation sites (N-methyl/N-ethyl adjacent to an activating group) is 1. The maximum absolute atomic E-state index is 11.3. The van der Waals surface area contributed by atoms with Gasteiger partial charge in [0, 0.05) is 18.2 Å². The van der Waals surface area contributed by atoms with Crippen LogP contribution in [0.1, 0.15) is 36.0 Å². The number of amides is 1. The first kappa shape index (κ1) is 14.8. The van der Waals surface area contributed by atoms with Crippen LogP contribution >= 0.6 is 0 Å². The minimum Gasteiger partial charge on any atom is -0.492 e. The molecule has 0 radical (unpaired) electrons. The predicted molar refractivity (Wildman–Crippen MR) is 78.5 cm³/mol. The average Bonchev–Trinajstić information content (AvgIpc) is 3.01. The summed E-state index contributed by atoms with van der Waals surface area (Å²) in [6.45, 7) is 1.59. The summed E-state index contributed by atoms with van der Waals surface area (Å²) in [4.78, 5) is 13.7. The van der Waals surface area contributed by atoms with Gasteiger partial charge in [-0.15, -0.1) is 0 Å². The van der Waals surface area contributed by atoms with E-state index < -0.39 is 0 Å². The molecule has 0 aromatic heterocycles. The van der Waals surface area contributed by atoms with E-state index in [1.807, 2.05) is 0 Å². The van der Waals surface area contributed by atoms with Crippen molar-refractivity contribution in [3.63, 3.8) is 0 Å². The Morgan fingerprint density at radius 3 is 2.60 bits per heavy atom. The summed E-state index contributed by atoms with van der Waals surface area (Å²) in [5, 5.41) is 0. The molecule has 1 aromatic carbocycles. The van der Waals surface area contributed by atoms with E-state index in [4.69, 9.17) is 10.6 Å². The van der Waals surface area contributed by atoms with Crippen molar-refractivity contribution in [1.82, 2.24) is 10.3 Å². The van der Waals surface area contributed by atoms with E-state index in [2.05, 4.69) is 17.4 Å². The molecule has 5 heteroatoms. The maximum Gasteiger partial charge on any atom is 0.265 e. The van der Waals surface area contributed by atoms with Crippen LogP contribution in [0.15, 0.2) is 24.3 Å². The normalized spacial score (nSPS) is 15.6. The molecule has 1 aliphatic carbocycles. The molecule has 20 heavy (non-hydrogen) atoms. The smallest absolute Gasteiger partial charge is 0.265 e. The number of hydrazine groups is 1. The molecule has 0 saturated heterocycles. The Bertz CT molecular complexity index is 427. The van der Waals surface area contributed by atoms with Crippen LogP contribution < -0.4 is 16.0 Å². The molecule has 0 unspecified atom stereocenters. The number of nitrogens with one attached hydrogen (secondary N) is 1. The quantitative estimate of drug-likeness (QED) is 0.470. The molecule has 1 aromatic rings. The summed E-state index contributed by atoms with van der Waals surface area (Å²) in [7, 11) is 2.16. The molecular formula is C15H23N3O2. The minimum atomic E-state index is -0.294. The lowest BCUT2D eigenvalue weighted by Gasteiger charge is -2.23. The van der Waals surface area contributed by atoms with Crippen molar-refractivity contribution in [3.05, 3.63) is 29.8 Å². The van der Waals surface area contributed by atoms with Gasteiger partial charge in [0.15, 0.2) is 0 Å². The third kappa shape index (κ3) is 3.95. The number of nitrogens with two attached hydrogens (primary N) is 1. The molecular weight excluding hydrogens is 254 g/mol. The number of hydrogen-bond donors (Lipinski definition) is 2. The standard InChI is InChI=1S/C15H23N3O2/c1-18(13-4-2-3-5-13)10-11-20-14-8-6-12(7-9-14)15(19)17-16/h6-9,13H,2-5,10-11,16H2,1H3,(H,17,19). The van der Waals surface area contributed by atoms with Crippen molar-refractivity contribution in [1.29, 1.82) is 0 Å². The first-order valence-electron chi connectivity index (χ1n) is 7.15. The van der Waals surface area contributed by atoms with Crippen molar-refractivity contribution in [2.75, 3.05) is 20.2 Å². The van der Waals surface area contributed by atoms with Gasteiger partial charge in [0.25, 0.3) is 5.91 Å². The van der Waals surface area contributed by atoms with Gasteiger partial charge in [0.05, 0.1) is 0 Å². The van der Waals surface area contributed by atoms with Gasteiger partial charge in [-0.3, -0.25) is 10.2 Å². The van der Waals surface area contributed by atoms with Crippen LogP contribution in [0.4, 0.5) is 0 Å². The zero-order valence-corrected chi connectivity index (χ0v) is 12.0. The van der Waals surface area contributed by atoms with Crippen LogP contribution in [-0.4, -0.2) is 37.0 Å². The van der Waals surface area contributed by atoms with Gasteiger partial charge in [-0.25, -0.2) is 5.84 Å². The summed E-state index contributed by atoms with van der Waals surface area (Å²) in [5.41, 5.74) is 2.63. The van der Waals surface area contributed by atoms with Crippen molar-refractivity contribution in [2.45, 2.75) is 31.7 Å². The van der Waals surface area contributed by atoms with Crippen molar-refractivity contribution in [3.8, 4) is 5.75 Å². The number of benzene rings is 1. The molecule has 0 heterocycles. The Labute approximate surface area is 120 Å². The van der Waals surface area contributed by atoms with E-state index in [0.29, 0.717) is 18.2 Å². The monoisotopic (exact) mass is 277 g/mol. The number of nitrogens with zero attached hydrogens (tertiary/aromatic N) is 1. The average molecular weight is 277 g/mol. The Hall–Kier alpha value is -1.59. The highest BCUT2D eigenvalue weighted by molar-refractivity contribution is 5.93. The fourth-order valence-corrected chi connectivity index (χ4v) is 2.62. The summed E-state index contributed by atoms with van der Waals surface area (Å²) in [6, 6.07) is 7.71. The van der Waals surface area contributed by atoms with E-state index in [9.17, 15) is 4.79 Å².